The lowest BCUT2D eigenvalue weighted by Crippen LogP contribution is -2.04. The summed E-state index contributed by atoms with van der Waals surface area (Å²) >= 11 is 0. The predicted octanol–water partition coefficient (Wildman–Crippen LogP) is 1.27. The van der Waals surface area contributed by atoms with Gasteiger partial charge < -0.3 is 9.47 Å². The number of hydrogen-bond donors (Lipinski definition) is 0. The number of methoxy groups -OCH3 is 1. The molecule has 0 saturated carbocycles. The Morgan fingerprint density at radius 1 is 1.54 bits per heavy atom. The third-order valence-corrected chi connectivity index (χ3v) is 1.46. The van der Waals surface area contributed by atoms with Crippen LogP contribution < -0.4 is 4.74 Å². The molecule has 1 aromatic heterocycles. The number of esters is 1. The molecule has 4 nitrogen and oxygen atoms in total. The molecule has 0 amide bonds. The Morgan fingerprint density at radius 2 is 2.31 bits per heavy atom. The van der Waals surface area contributed by atoms with Gasteiger partial charge in [-0.25, -0.2) is 9.78 Å². The molecule has 0 radical (unpaired) electrons. The monoisotopic (exact) mass is 181 g/mol. The van der Waals surface area contributed by atoms with Crippen LogP contribution >= 0.6 is 0 Å². The van der Waals surface area contributed by atoms with Gasteiger partial charge in [-0.1, -0.05) is 0 Å². The normalized spacial score (nSPS) is 9.38. The summed E-state index contributed by atoms with van der Waals surface area (Å²) in [5, 5.41) is 0. The standard InChI is InChI=1S/C9H11NO3/c1-3-13-9(11)7-4-5-8(12-2)10-6-7/h4-6H,3H2,1-2H3. The molecule has 0 atom stereocenters. The first kappa shape index (κ1) is 9.51. The maximum absolute atomic E-state index is 11.1. The molecule has 1 heterocycles. The first-order valence-electron chi connectivity index (χ1n) is 3.95. The maximum atomic E-state index is 11.1. The second kappa shape index (κ2) is 4.45. The molecule has 0 aliphatic heterocycles. The van der Waals surface area contributed by atoms with Gasteiger partial charge in [-0.15, -0.1) is 0 Å². The van der Waals surface area contributed by atoms with Crippen LogP contribution in [0.15, 0.2) is 18.3 Å². The molecule has 0 bridgehead atoms. The summed E-state index contributed by atoms with van der Waals surface area (Å²) in [5.41, 5.74) is 0.433. The number of hydrogen-bond acceptors (Lipinski definition) is 4. The lowest BCUT2D eigenvalue weighted by Gasteiger charge is -2.01. The van der Waals surface area contributed by atoms with E-state index in [-0.39, 0.29) is 5.97 Å². The fourth-order valence-corrected chi connectivity index (χ4v) is 0.836. The van der Waals surface area contributed by atoms with Crippen molar-refractivity contribution in [3.63, 3.8) is 0 Å². The van der Waals surface area contributed by atoms with Crippen LogP contribution in [0, 0.1) is 0 Å². The first-order valence-corrected chi connectivity index (χ1v) is 3.95. The van der Waals surface area contributed by atoms with Crippen LogP contribution in [0.4, 0.5) is 0 Å². The molecule has 0 N–H and O–H groups in total. The number of pyridine rings is 1. The van der Waals surface area contributed by atoms with Gasteiger partial charge in [-0.2, -0.15) is 0 Å². The number of ether oxygens (including phenoxy) is 2. The Labute approximate surface area is 76.5 Å². The molecular formula is C9H11NO3. The number of carbonyl (C=O) groups is 1. The number of aromatic nitrogens is 1. The van der Waals surface area contributed by atoms with Crippen molar-refractivity contribution in [1.29, 1.82) is 0 Å². The lowest BCUT2D eigenvalue weighted by molar-refractivity contribution is 0.0526. The summed E-state index contributed by atoms with van der Waals surface area (Å²) < 4.78 is 9.63. The van der Waals surface area contributed by atoms with Crippen LogP contribution in [-0.2, 0) is 4.74 Å². The van der Waals surface area contributed by atoms with Crippen molar-refractivity contribution in [2.45, 2.75) is 6.92 Å². The SMILES string of the molecule is CCOC(=O)c1ccc(OC)nc1. The number of rotatable bonds is 3. The van der Waals surface area contributed by atoms with Gasteiger partial charge in [0.1, 0.15) is 0 Å². The van der Waals surface area contributed by atoms with E-state index in [1.165, 1.54) is 13.3 Å². The summed E-state index contributed by atoms with van der Waals surface area (Å²) in [5.74, 6) is 0.116. The lowest BCUT2D eigenvalue weighted by atomic mass is 10.3. The fraction of sp³-hybridized carbons (Fsp3) is 0.333. The van der Waals surface area contributed by atoms with E-state index in [0.29, 0.717) is 18.1 Å². The quantitative estimate of drug-likeness (QED) is 0.659. The van der Waals surface area contributed by atoms with E-state index in [2.05, 4.69) is 4.98 Å². The minimum absolute atomic E-state index is 0.363. The third kappa shape index (κ3) is 2.43. The zero-order chi connectivity index (χ0) is 9.68. The van der Waals surface area contributed by atoms with Crippen molar-refractivity contribution in [2.75, 3.05) is 13.7 Å². The minimum Gasteiger partial charge on any atom is -0.481 e. The van der Waals surface area contributed by atoms with Crippen molar-refractivity contribution in [2.24, 2.45) is 0 Å². The predicted molar refractivity (Wildman–Crippen MR) is 46.7 cm³/mol. The van der Waals surface area contributed by atoms with E-state index in [1.807, 2.05) is 0 Å². The highest BCUT2D eigenvalue weighted by atomic mass is 16.5. The van der Waals surface area contributed by atoms with Gasteiger partial charge in [0.25, 0.3) is 0 Å². The van der Waals surface area contributed by atoms with Crippen molar-refractivity contribution < 1.29 is 14.3 Å². The largest absolute Gasteiger partial charge is 0.481 e. The van der Waals surface area contributed by atoms with Crippen molar-refractivity contribution in [1.82, 2.24) is 4.98 Å². The molecule has 0 fully saturated rings. The summed E-state index contributed by atoms with van der Waals surface area (Å²) in [6, 6.07) is 3.23. The number of carbonyl (C=O) groups excluding carboxylic acids is 1. The first-order chi connectivity index (χ1) is 6.27. The number of nitrogens with zero attached hydrogens (tertiary/aromatic N) is 1. The summed E-state index contributed by atoms with van der Waals surface area (Å²) in [6.07, 6.45) is 1.43. The van der Waals surface area contributed by atoms with E-state index < -0.39 is 0 Å². The zero-order valence-electron chi connectivity index (χ0n) is 7.61. The van der Waals surface area contributed by atoms with Crippen LogP contribution in [-0.4, -0.2) is 24.7 Å². The Hall–Kier alpha value is -1.58. The van der Waals surface area contributed by atoms with E-state index in [1.54, 1.807) is 19.1 Å². The third-order valence-electron chi connectivity index (χ3n) is 1.46. The summed E-state index contributed by atoms with van der Waals surface area (Å²) in [6.45, 7) is 2.12. The Bertz CT molecular complexity index is 281. The smallest absolute Gasteiger partial charge is 0.339 e. The maximum Gasteiger partial charge on any atom is 0.339 e. The minimum atomic E-state index is -0.363. The average molecular weight is 181 g/mol. The molecule has 13 heavy (non-hydrogen) atoms. The van der Waals surface area contributed by atoms with Gasteiger partial charge in [0, 0.05) is 12.3 Å². The van der Waals surface area contributed by atoms with Crippen LogP contribution in [0.25, 0.3) is 0 Å². The van der Waals surface area contributed by atoms with Gasteiger partial charge >= 0.3 is 5.97 Å². The molecular weight excluding hydrogens is 170 g/mol. The highest BCUT2D eigenvalue weighted by Crippen LogP contribution is 2.07. The average Bonchev–Trinajstić information content (AvgIpc) is 2.18. The molecule has 0 aromatic carbocycles. The van der Waals surface area contributed by atoms with Crippen LogP contribution in [0.1, 0.15) is 17.3 Å². The Balaban J connectivity index is 2.74. The van der Waals surface area contributed by atoms with E-state index in [4.69, 9.17) is 9.47 Å². The molecule has 0 aliphatic rings. The fourth-order valence-electron chi connectivity index (χ4n) is 0.836. The summed E-state index contributed by atoms with van der Waals surface area (Å²) in [7, 11) is 1.52. The van der Waals surface area contributed by atoms with Crippen LogP contribution in [0.2, 0.25) is 0 Å². The van der Waals surface area contributed by atoms with Gasteiger partial charge in [-0.05, 0) is 13.0 Å². The van der Waals surface area contributed by atoms with Crippen molar-refractivity contribution in [3.05, 3.63) is 23.9 Å². The van der Waals surface area contributed by atoms with Gasteiger partial charge in [0.05, 0.1) is 19.3 Å². The topological polar surface area (TPSA) is 48.4 Å². The molecule has 0 unspecified atom stereocenters. The van der Waals surface area contributed by atoms with Gasteiger partial charge in [0.15, 0.2) is 0 Å². The molecule has 0 saturated heterocycles. The Kier molecular flexibility index (Phi) is 3.25. The second-order valence-corrected chi connectivity index (χ2v) is 2.31. The van der Waals surface area contributed by atoms with Crippen LogP contribution in [0.3, 0.4) is 0 Å². The van der Waals surface area contributed by atoms with E-state index >= 15 is 0 Å². The second-order valence-electron chi connectivity index (χ2n) is 2.31. The van der Waals surface area contributed by atoms with Gasteiger partial charge in [0.2, 0.25) is 5.88 Å². The highest BCUT2D eigenvalue weighted by molar-refractivity contribution is 5.88. The van der Waals surface area contributed by atoms with Crippen LogP contribution in [0.5, 0.6) is 5.88 Å². The summed E-state index contributed by atoms with van der Waals surface area (Å²) in [4.78, 5) is 15.0. The van der Waals surface area contributed by atoms with E-state index in [0.717, 1.165) is 0 Å². The van der Waals surface area contributed by atoms with Gasteiger partial charge in [-0.3, -0.25) is 0 Å². The molecule has 0 spiro atoms. The van der Waals surface area contributed by atoms with E-state index in [9.17, 15) is 4.79 Å². The molecule has 4 heteroatoms. The Morgan fingerprint density at radius 3 is 2.77 bits per heavy atom. The molecule has 70 valence electrons. The zero-order valence-corrected chi connectivity index (χ0v) is 7.61. The molecule has 1 aromatic rings. The molecule has 1 rings (SSSR count). The molecule has 0 aliphatic carbocycles. The van der Waals surface area contributed by atoms with Crippen molar-refractivity contribution >= 4 is 5.97 Å². The van der Waals surface area contributed by atoms with Crippen molar-refractivity contribution in [3.8, 4) is 5.88 Å². The highest BCUT2D eigenvalue weighted by Gasteiger charge is 2.05.